The lowest BCUT2D eigenvalue weighted by atomic mass is 10.0. The third kappa shape index (κ3) is 6.02. The molecule has 4 aromatic rings. The number of nitrogens with one attached hydrogen (secondary N) is 2. The summed E-state index contributed by atoms with van der Waals surface area (Å²) in [5, 5.41) is 6.17. The summed E-state index contributed by atoms with van der Waals surface area (Å²) in [5.41, 5.74) is 5.64. The number of anilines is 4. The highest BCUT2D eigenvalue weighted by atomic mass is 16.2. The second-order valence-electron chi connectivity index (χ2n) is 11.3. The van der Waals surface area contributed by atoms with Crippen molar-refractivity contribution in [2.45, 2.75) is 32.6 Å². The quantitative estimate of drug-likeness (QED) is 0.298. The monoisotopic (exact) mass is 576 g/mol. The minimum atomic E-state index is -0.277. The van der Waals surface area contributed by atoms with Gasteiger partial charge >= 0.3 is 0 Å². The van der Waals surface area contributed by atoms with Crippen LogP contribution in [0.25, 0.3) is 11.3 Å². The van der Waals surface area contributed by atoms with E-state index < -0.39 is 0 Å². The molecule has 43 heavy (non-hydrogen) atoms. The Morgan fingerprint density at radius 3 is 2.19 bits per heavy atom. The molecule has 220 valence electrons. The van der Waals surface area contributed by atoms with Crippen molar-refractivity contribution < 1.29 is 9.59 Å². The first-order valence-electron chi connectivity index (χ1n) is 14.9. The van der Waals surface area contributed by atoms with Gasteiger partial charge in [0.1, 0.15) is 0 Å². The zero-order chi connectivity index (χ0) is 29.9. The SMILES string of the molecule is Cc1c(NC(=O)c2ccc(N3CCC3)cc2)cccc1-c1cn(C)c(=O)c(Nc2ccc(C(=O)N3CCCCC3)cc2)n1. The van der Waals surface area contributed by atoms with Crippen molar-refractivity contribution in [1.82, 2.24) is 14.5 Å². The highest BCUT2D eigenvalue weighted by Gasteiger charge is 2.19. The van der Waals surface area contributed by atoms with Gasteiger partial charge in [0, 0.05) is 73.2 Å². The van der Waals surface area contributed by atoms with E-state index in [4.69, 9.17) is 0 Å². The van der Waals surface area contributed by atoms with Gasteiger partial charge < -0.3 is 25.0 Å². The van der Waals surface area contributed by atoms with Crippen LogP contribution in [0.2, 0.25) is 0 Å². The van der Waals surface area contributed by atoms with Crippen molar-refractivity contribution in [2.24, 2.45) is 7.05 Å². The number of hydrogen-bond donors (Lipinski definition) is 2. The average molecular weight is 577 g/mol. The normalized spacial score (nSPS) is 14.7. The minimum absolute atomic E-state index is 0.0356. The second-order valence-corrected chi connectivity index (χ2v) is 11.3. The van der Waals surface area contributed by atoms with Crippen molar-refractivity contribution in [3.05, 3.63) is 100.0 Å². The number of aromatic nitrogens is 2. The first-order chi connectivity index (χ1) is 20.9. The van der Waals surface area contributed by atoms with E-state index in [0.29, 0.717) is 28.2 Å². The van der Waals surface area contributed by atoms with Gasteiger partial charge in [-0.3, -0.25) is 14.4 Å². The summed E-state index contributed by atoms with van der Waals surface area (Å²) in [6.07, 6.45) is 6.14. The number of benzene rings is 3. The third-order valence-electron chi connectivity index (χ3n) is 8.32. The standard InChI is InChI=1S/C34H36N6O3/c1-23-28(8-6-9-29(23)37-32(41)24-12-16-27(17-13-24)39-20-7-21-39)30-22-38(2)34(43)31(36-30)35-26-14-10-25(11-15-26)33(42)40-18-4-3-5-19-40/h6,8-17,22H,3-5,7,18-21H2,1-2H3,(H,35,36)(H,37,41). The van der Waals surface area contributed by atoms with Crippen LogP contribution in [0.4, 0.5) is 22.9 Å². The molecule has 2 aliphatic heterocycles. The first-order valence-corrected chi connectivity index (χ1v) is 14.9. The molecule has 0 unspecified atom stereocenters. The van der Waals surface area contributed by atoms with Crippen LogP contribution in [0.15, 0.2) is 77.7 Å². The Morgan fingerprint density at radius 1 is 0.814 bits per heavy atom. The van der Waals surface area contributed by atoms with Crippen LogP contribution < -0.4 is 21.1 Å². The fraction of sp³-hybridized carbons (Fsp3) is 0.294. The Labute approximate surface area is 251 Å². The molecule has 9 nitrogen and oxygen atoms in total. The molecule has 2 aliphatic rings. The average Bonchev–Trinajstić information content (AvgIpc) is 3.00. The van der Waals surface area contributed by atoms with Gasteiger partial charge in [-0.2, -0.15) is 0 Å². The largest absolute Gasteiger partial charge is 0.371 e. The van der Waals surface area contributed by atoms with Gasteiger partial charge in [0.25, 0.3) is 17.4 Å². The molecule has 0 atom stereocenters. The molecule has 0 spiro atoms. The number of nitrogens with zero attached hydrogens (tertiary/aromatic N) is 4. The van der Waals surface area contributed by atoms with E-state index in [1.165, 1.54) is 17.4 Å². The summed E-state index contributed by atoms with van der Waals surface area (Å²) in [6, 6.07) is 20.5. The van der Waals surface area contributed by atoms with Crippen molar-refractivity contribution >= 4 is 34.7 Å². The second kappa shape index (κ2) is 12.1. The summed E-state index contributed by atoms with van der Waals surface area (Å²) < 4.78 is 1.49. The molecule has 0 radical (unpaired) electrons. The summed E-state index contributed by atoms with van der Waals surface area (Å²) in [5.74, 6) is 0.0214. The molecule has 3 aromatic carbocycles. The van der Waals surface area contributed by atoms with Gasteiger partial charge in [0.15, 0.2) is 5.82 Å². The Kier molecular flexibility index (Phi) is 7.96. The molecule has 2 fully saturated rings. The molecule has 6 rings (SSSR count). The Morgan fingerprint density at radius 2 is 1.51 bits per heavy atom. The maximum atomic E-state index is 13.1. The van der Waals surface area contributed by atoms with Crippen LogP contribution in [-0.4, -0.2) is 52.4 Å². The van der Waals surface area contributed by atoms with E-state index in [0.717, 1.165) is 55.8 Å². The van der Waals surface area contributed by atoms with Crippen molar-refractivity contribution in [1.29, 1.82) is 0 Å². The van der Waals surface area contributed by atoms with Gasteiger partial charge in [0.2, 0.25) is 0 Å². The van der Waals surface area contributed by atoms with Gasteiger partial charge in [-0.15, -0.1) is 0 Å². The smallest absolute Gasteiger partial charge is 0.293 e. The van der Waals surface area contributed by atoms with Gasteiger partial charge in [-0.25, -0.2) is 4.98 Å². The van der Waals surface area contributed by atoms with Gasteiger partial charge in [0.05, 0.1) is 5.69 Å². The molecule has 0 bridgehead atoms. The molecular weight excluding hydrogens is 540 g/mol. The summed E-state index contributed by atoms with van der Waals surface area (Å²) in [4.78, 5) is 47.8. The number of rotatable bonds is 7. The number of amides is 2. The predicted molar refractivity (Wildman–Crippen MR) is 170 cm³/mol. The summed E-state index contributed by atoms with van der Waals surface area (Å²) >= 11 is 0. The molecule has 2 N–H and O–H groups in total. The van der Waals surface area contributed by atoms with E-state index in [1.54, 1.807) is 37.5 Å². The Hall–Kier alpha value is -4.92. The Balaban J connectivity index is 1.20. The maximum absolute atomic E-state index is 13.1. The zero-order valence-electron chi connectivity index (χ0n) is 24.6. The lowest BCUT2D eigenvalue weighted by molar-refractivity contribution is 0.0724. The van der Waals surface area contributed by atoms with Crippen molar-refractivity contribution in [2.75, 3.05) is 41.7 Å². The van der Waals surface area contributed by atoms with E-state index in [-0.39, 0.29) is 23.2 Å². The van der Waals surface area contributed by atoms with Crippen molar-refractivity contribution in [3.8, 4) is 11.3 Å². The number of likely N-dealkylation sites (tertiary alicyclic amines) is 1. The van der Waals surface area contributed by atoms with E-state index >= 15 is 0 Å². The minimum Gasteiger partial charge on any atom is -0.371 e. The summed E-state index contributed by atoms with van der Waals surface area (Å²) in [6.45, 7) is 5.62. The van der Waals surface area contributed by atoms with Gasteiger partial charge in [-0.05, 0) is 92.8 Å². The first kappa shape index (κ1) is 28.2. The highest BCUT2D eigenvalue weighted by Crippen LogP contribution is 2.29. The highest BCUT2D eigenvalue weighted by molar-refractivity contribution is 6.05. The van der Waals surface area contributed by atoms with E-state index in [1.807, 2.05) is 54.3 Å². The molecule has 2 saturated heterocycles. The number of carbonyl (C=O) groups excluding carboxylic acids is 2. The number of carbonyl (C=O) groups is 2. The number of hydrogen-bond acceptors (Lipinski definition) is 6. The third-order valence-corrected chi connectivity index (χ3v) is 8.32. The molecule has 3 heterocycles. The van der Waals surface area contributed by atoms with Crippen LogP contribution in [0.5, 0.6) is 0 Å². The lowest BCUT2D eigenvalue weighted by Crippen LogP contribution is -2.36. The Bertz CT molecular complexity index is 1700. The number of piperidine rings is 1. The number of aryl methyl sites for hydroxylation is 1. The molecule has 2 amide bonds. The predicted octanol–water partition coefficient (Wildman–Crippen LogP) is 5.59. The molecule has 9 heteroatoms. The topological polar surface area (TPSA) is 99.6 Å². The summed E-state index contributed by atoms with van der Waals surface area (Å²) in [7, 11) is 1.68. The zero-order valence-corrected chi connectivity index (χ0v) is 24.6. The van der Waals surface area contributed by atoms with E-state index in [2.05, 4.69) is 20.5 Å². The molecule has 0 saturated carbocycles. The fourth-order valence-corrected chi connectivity index (χ4v) is 5.57. The van der Waals surface area contributed by atoms with Crippen LogP contribution in [0.1, 0.15) is 52.0 Å². The van der Waals surface area contributed by atoms with Crippen molar-refractivity contribution in [3.63, 3.8) is 0 Å². The lowest BCUT2D eigenvalue weighted by Gasteiger charge is -2.33. The van der Waals surface area contributed by atoms with Crippen LogP contribution >= 0.6 is 0 Å². The van der Waals surface area contributed by atoms with Crippen LogP contribution in [0.3, 0.4) is 0 Å². The maximum Gasteiger partial charge on any atom is 0.293 e. The molecule has 0 aliphatic carbocycles. The van der Waals surface area contributed by atoms with Crippen LogP contribution in [0, 0.1) is 6.92 Å². The van der Waals surface area contributed by atoms with E-state index in [9.17, 15) is 14.4 Å². The fourth-order valence-electron chi connectivity index (χ4n) is 5.57. The molecular formula is C34H36N6O3. The van der Waals surface area contributed by atoms with Crippen LogP contribution in [-0.2, 0) is 7.05 Å². The molecule has 1 aromatic heterocycles. The van der Waals surface area contributed by atoms with Gasteiger partial charge in [-0.1, -0.05) is 12.1 Å².